The Balaban J connectivity index is 2.94. The second-order valence-corrected chi connectivity index (χ2v) is 4.46. The smallest absolute Gasteiger partial charge is 0.303 e. The van der Waals surface area contributed by atoms with Gasteiger partial charge in [-0.3, -0.25) is 14.4 Å². The van der Waals surface area contributed by atoms with Gasteiger partial charge in [0.05, 0.1) is 0 Å². The van der Waals surface area contributed by atoms with Gasteiger partial charge in [0.2, 0.25) is 0 Å². The predicted molar refractivity (Wildman–Crippen MR) is 63.5 cm³/mol. The fourth-order valence-corrected chi connectivity index (χ4v) is 1.88. The van der Waals surface area contributed by atoms with Crippen molar-refractivity contribution >= 4 is 17.9 Å². The normalized spacial score (nSPS) is 32.1. The first-order valence-corrected chi connectivity index (χ1v) is 6.17. The number of carbonyl (C=O) groups is 3. The Kier molecular flexibility index (Phi) is 6.03. The molecule has 1 saturated heterocycles. The average Bonchev–Trinajstić information content (AvgIpc) is 2.35. The molecule has 21 heavy (non-hydrogen) atoms. The molecule has 8 nitrogen and oxygen atoms in total. The van der Waals surface area contributed by atoms with Crippen LogP contribution in [0, 0.1) is 0 Å². The van der Waals surface area contributed by atoms with Crippen LogP contribution in [0.15, 0.2) is 0 Å². The molecule has 1 heterocycles. The minimum absolute atomic E-state index is 0.394. The highest BCUT2D eigenvalue weighted by Gasteiger charge is 2.50. The molecular weight excluding hydrogens is 291 g/mol. The SMILES string of the molecule is CC(=O)OC[C@H]1O[C@@H](O)[C@H](F)[C@@H](OC(C)=O)[C@@H]1OC(C)=O. The van der Waals surface area contributed by atoms with E-state index in [-0.39, 0.29) is 0 Å². The third-order valence-corrected chi connectivity index (χ3v) is 2.65. The van der Waals surface area contributed by atoms with E-state index in [1.165, 1.54) is 0 Å². The van der Waals surface area contributed by atoms with Gasteiger partial charge in [0.25, 0.3) is 0 Å². The predicted octanol–water partition coefficient (Wildman–Crippen LogP) is -0.532. The molecule has 1 aliphatic heterocycles. The number of ether oxygens (including phenoxy) is 4. The summed E-state index contributed by atoms with van der Waals surface area (Å²) >= 11 is 0. The Morgan fingerprint density at radius 1 is 1.05 bits per heavy atom. The summed E-state index contributed by atoms with van der Waals surface area (Å²) in [6.45, 7) is 2.86. The van der Waals surface area contributed by atoms with E-state index in [1.807, 2.05) is 0 Å². The molecular formula is C12H17FO8. The number of hydrogen-bond donors (Lipinski definition) is 1. The zero-order valence-electron chi connectivity index (χ0n) is 11.8. The molecule has 0 aromatic rings. The van der Waals surface area contributed by atoms with Crippen LogP contribution in [-0.4, -0.2) is 60.4 Å². The van der Waals surface area contributed by atoms with Crippen LogP contribution in [-0.2, 0) is 33.3 Å². The van der Waals surface area contributed by atoms with Crippen molar-refractivity contribution < 1.29 is 42.8 Å². The summed E-state index contributed by atoms with van der Waals surface area (Å²) in [6.07, 6.45) is -8.07. The van der Waals surface area contributed by atoms with Crippen molar-refractivity contribution in [3.8, 4) is 0 Å². The number of esters is 3. The Morgan fingerprint density at radius 2 is 1.57 bits per heavy atom. The van der Waals surface area contributed by atoms with Gasteiger partial charge in [0.15, 0.2) is 24.7 Å². The van der Waals surface area contributed by atoms with Crippen molar-refractivity contribution in [2.24, 2.45) is 0 Å². The molecule has 0 radical (unpaired) electrons. The highest BCUT2D eigenvalue weighted by atomic mass is 19.1. The topological polar surface area (TPSA) is 108 Å². The summed E-state index contributed by atoms with van der Waals surface area (Å²) < 4.78 is 33.2. The van der Waals surface area contributed by atoms with Gasteiger partial charge in [-0.1, -0.05) is 0 Å². The Hall–Kier alpha value is -1.74. The minimum Gasteiger partial charge on any atom is -0.463 e. The Labute approximate surface area is 120 Å². The van der Waals surface area contributed by atoms with Gasteiger partial charge >= 0.3 is 17.9 Å². The lowest BCUT2D eigenvalue weighted by atomic mass is 9.99. The van der Waals surface area contributed by atoms with Crippen LogP contribution in [0.5, 0.6) is 0 Å². The van der Waals surface area contributed by atoms with Gasteiger partial charge in [0, 0.05) is 20.8 Å². The summed E-state index contributed by atoms with van der Waals surface area (Å²) in [5, 5.41) is 9.48. The first kappa shape index (κ1) is 17.3. The van der Waals surface area contributed by atoms with Crippen molar-refractivity contribution in [3.05, 3.63) is 0 Å². The molecule has 120 valence electrons. The fourth-order valence-electron chi connectivity index (χ4n) is 1.88. The number of aliphatic hydroxyl groups excluding tert-OH is 1. The van der Waals surface area contributed by atoms with E-state index >= 15 is 0 Å². The number of halogens is 1. The summed E-state index contributed by atoms with van der Waals surface area (Å²) in [5.41, 5.74) is 0. The number of rotatable bonds is 4. The average molecular weight is 308 g/mol. The van der Waals surface area contributed by atoms with Crippen molar-refractivity contribution in [2.45, 2.75) is 51.5 Å². The monoisotopic (exact) mass is 308 g/mol. The van der Waals surface area contributed by atoms with Gasteiger partial charge in [-0.2, -0.15) is 0 Å². The molecule has 5 atom stereocenters. The molecule has 1 aliphatic rings. The van der Waals surface area contributed by atoms with Crippen molar-refractivity contribution in [2.75, 3.05) is 6.61 Å². The van der Waals surface area contributed by atoms with Crippen LogP contribution in [0.2, 0.25) is 0 Å². The number of aliphatic hydroxyl groups is 1. The maximum atomic E-state index is 13.9. The third kappa shape index (κ3) is 4.94. The van der Waals surface area contributed by atoms with Crippen molar-refractivity contribution in [1.82, 2.24) is 0 Å². The molecule has 0 aromatic heterocycles. The summed E-state index contributed by atoms with van der Waals surface area (Å²) in [6, 6.07) is 0. The molecule has 1 fully saturated rings. The van der Waals surface area contributed by atoms with Gasteiger partial charge in [-0.05, 0) is 0 Å². The van der Waals surface area contributed by atoms with Crippen LogP contribution >= 0.6 is 0 Å². The number of hydrogen-bond acceptors (Lipinski definition) is 8. The molecule has 0 bridgehead atoms. The summed E-state index contributed by atoms with van der Waals surface area (Å²) in [4.78, 5) is 32.9. The second-order valence-electron chi connectivity index (χ2n) is 4.46. The van der Waals surface area contributed by atoms with E-state index in [0.29, 0.717) is 0 Å². The van der Waals surface area contributed by atoms with Crippen LogP contribution in [0.4, 0.5) is 4.39 Å². The molecule has 0 unspecified atom stereocenters. The molecule has 0 saturated carbocycles. The standard InChI is InChI=1S/C12H17FO8/c1-5(14)18-4-8-10(19-6(2)15)11(20-7(3)16)9(13)12(17)21-8/h8-12,17H,4H2,1-3H3/t8-,9-,10-,11-,12-/m1/s1. The third-order valence-electron chi connectivity index (χ3n) is 2.65. The highest BCUT2D eigenvalue weighted by Crippen LogP contribution is 2.27. The number of carbonyl (C=O) groups excluding carboxylic acids is 3. The van der Waals surface area contributed by atoms with Crippen molar-refractivity contribution in [3.63, 3.8) is 0 Å². The molecule has 1 N–H and O–H groups in total. The van der Waals surface area contributed by atoms with E-state index in [0.717, 1.165) is 20.8 Å². The molecule has 0 aliphatic carbocycles. The summed E-state index contributed by atoms with van der Waals surface area (Å²) in [5.74, 6) is -2.22. The summed E-state index contributed by atoms with van der Waals surface area (Å²) in [7, 11) is 0. The van der Waals surface area contributed by atoms with Gasteiger partial charge < -0.3 is 24.1 Å². The van der Waals surface area contributed by atoms with E-state index in [9.17, 15) is 23.9 Å². The maximum Gasteiger partial charge on any atom is 0.303 e. The van der Waals surface area contributed by atoms with Crippen LogP contribution in [0.25, 0.3) is 0 Å². The largest absolute Gasteiger partial charge is 0.463 e. The quantitative estimate of drug-likeness (QED) is 0.545. The fraction of sp³-hybridized carbons (Fsp3) is 0.750. The zero-order chi connectivity index (χ0) is 16.2. The molecule has 0 spiro atoms. The zero-order valence-corrected chi connectivity index (χ0v) is 11.8. The van der Waals surface area contributed by atoms with Gasteiger partial charge in [-0.25, -0.2) is 4.39 Å². The molecule has 0 amide bonds. The van der Waals surface area contributed by atoms with E-state index in [4.69, 9.17) is 18.9 Å². The van der Waals surface area contributed by atoms with Crippen LogP contribution in [0.3, 0.4) is 0 Å². The van der Waals surface area contributed by atoms with Crippen LogP contribution in [0.1, 0.15) is 20.8 Å². The van der Waals surface area contributed by atoms with Crippen LogP contribution < -0.4 is 0 Å². The Bertz CT molecular complexity index is 412. The van der Waals surface area contributed by atoms with E-state index in [2.05, 4.69) is 0 Å². The number of alkyl halides is 1. The van der Waals surface area contributed by atoms with Gasteiger partial charge in [0.1, 0.15) is 12.7 Å². The molecule has 1 rings (SSSR count). The first-order chi connectivity index (χ1) is 9.72. The second kappa shape index (κ2) is 7.32. The van der Waals surface area contributed by atoms with Gasteiger partial charge in [-0.15, -0.1) is 0 Å². The molecule has 0 aromatic carbocycles. The van der Waals surface area contributed by atoms with Crippen molar-refractivity contribution in [1.29, 1.82) is 0 Å². The first-order valence-electron chi connectivity index (χ1n) is 6.17. The lowest BCUT2D eigenvalue weighted by Gasteiger charge is -2.40. The van der Waals surface area contributed by atoms with E-state index in [1.54, 1.807) is 0 Å². The molecule has 9 heteroatoms. The lowest BCUT2D eigenvalue weighted by molar-refractivity contribution is -0.279. The van der Waals surface area contributed by atoms with E-state index < -0.39 is 55.3 Å². The minimum atomic E-state index is -2.10. The Morgan fingerprint density at radius 3 is 2.05 bits per heavy atom. The highest BCUT2D eigenvalue weighted by molar-refractivity contribution is 5.67. The maximum absolute atomic E-state index is 13.9. The lowest BCUT2D eigenvalue weighted by Crippen LogP contribution is -2.59.